The van der Waals surface area contributed by atoms with E-state index in [1.807, 2.05) is 0 Å². The smallest absolute Gasteiger partial charge is 0.509 e. The highest BCUT2D eigenvalue weighted by atomic mass is 32.2. The molecule has 1 saturated carbocycles. The van der Waals surface area contributed by atoms with Crippen LogP contribution in [-0.2, 0) is 33.9 Å². The van der Waals surface area contributed by atoms with Crippen LogP contribution in [0.4, 0.5) is 0 Å². The van der Waals surface area contributed by atoms with Gasteiger partial charge in [-0.3, -0.25) is 14.4 Å². The number of carboxylic acid groups (broad SMARTS) is 2. The average molecular weight is 518 g/mol. The number of likely N-dealkylation sites (N-methyl/N-ethyl adjacent to an activating group) is 1. The van der Waals surface area contributed by atoms with Crippen molar-refractivity contribution >= 4 is 35.2 Å². The largest absolute Gasteiger partial charge is 0.527 e. The summed E-state index contributed by atoms with van der Waals surface area (Å²) in [5.74, 6) is -4.24. The third kappa shape index (κ3) is 5.07. The molecule has 2 saturated heterocycles. The maximum Gasteiger partial charge on any atom is 0.527 e. The number of nitrogens with two attached hydrogens (primary N) is 2. The lowest BCUT2D eigenvalue weighted by Gasteiger charge is -2.34. The summed E-state index contributed by atoms with van der Waals surface area (Å²) < 4.78 is 39.8. The Kier molecular flexibility index (Phi) is 7.62. The minimum absolute atomic E-state index is 0.0751. The zero-order valence-corrected chi connectivity index (χ0v) is 21.1. The Hall–Kier alpha value is -1.78. The van der Waals surface area contributed by atoms with E-state index in [0.29, 0.717) is 6.42 Å². The van der Waals surface area contributed by atoms with Gasteiger partial charge in [-0.05, 0) is 39.4 Å². The van der Waals surface area contributed by atoms with Crippen LogP contribution in [0.2, 0.25) is 6.32 Å². The van der Waals surface area contributed by atoms with Crippen molar-refractivity contribution in [3.8, 4) is 0 Å². The first-order valence-corrected chi connectivity index (χ1v) is 13.2. The molecule has 4 atom stereocenters. The molecule has 2 heterocycles. The first-order valence-electron chi connectivity index (χ1n) is 11.8. The fourth-order valence-corrected chi connectivity index (χ4v) is 6.70. The first-order chi connectivity index (χ1) is 16.1. The van der Waals surface area contributed by atoms with Crippen LogP contribution in [0.15, 0.2) is 0 Å². The molecular weight excluding hydrogens is 483 g/mol. The van der Waals surface area contributed by atoms with Crippen LogP contribution < -0.4 is 11.5 Å². The number of carboxylic acids is 2. The Morgan fingerprint density at radius 3 is 2.40 bits per heavy atom. The fourth-order valence-electron chi connectivity index (χ4n) is 4.72. The van der Waals surface area contributed by atoms with E-state index >= 15 is 0 Å². The van der Waals surface area contributed by atoms with Crippen molar-refractivity contribution in [1.29, 1.82) is 0 Å². The van der Waals surface area contributed by atoms with Gasteiger partial charge in [0.05, 0.1) is 6.61 Å². The van der Waals surface area contributed by atoms with Crippen LogP contribution in [0.1, 0.15) is 46.5 Å². The van der Waals surface area contributed by atoms with E-state index in [9.17, 15) is 33.0 Å². The monoisotopic (exact) mass is 518 g/mol. The van der Waals surface area contributed by atoms with Gasteiger partial charge in [0.1, 0.15) is 5.54 Å². The molecule has 0 spiro atoms. The molecule has 3 fully saturated rings. The molecule has 0 aromatic heterocycles. The third-order valence-electron chi connectivity index (χ3n) is 7.73. The number of rotatable bonds is 11. The number of carbonyl (C=O) groups is 3. The Balaban J connectivity index is 1.65. The van der Waals surface area contributed by atoms with E-state index in [0.717, 1.165) is 17.1 Å². The highest BCUT2D eigenvalue weighted by Crippen LogP contribution is 2.40. The predicted octanol–water partition coefficient (Wildman–Crippen LogP) is -0.920. The summed E-state index contributed by atoms with van der Waals surface area (Å²) in [4.78, 5) is 35.4. The fraction of sp³-hybridized carbons (Fsp3) is 0.850. The van der Waals surface area contributed by atoms with Crippen molar-refractivity contribution < 1.29 is 42.3 Å². The summed E-state index contributed by atoms with van der Waals surface area (Å²) in [5.41, 5.74) is 8.32. The Morgan fingerprint density at radius 2 is 1.91 bits per heavy atom. The van der Waals surface area contributed by atoms with E-state index in [4.69, 9.17) is 20.8 Å². The molecule has 3 aliphatic rings. The Labute approximate surface area is 205 Å². The molecular formula is C20H35BN4O9S. The van der Waals surface area contributed by atoms with Crippen molar-refractivity contribution in [3.05, 3.63) is 0 Å². The molecule has 0 bridgehead atoms. The van der Waals surface area contributed by atoms with Gasteiger partial charge >= 0.3 is 25.0 Å². The van der Waals surface area contributed by atoms with E-state index in [1.165, 1.54) is 11.2 Å². The van der Waals surface area contributed by atoms with Gasteiger partial charge in [-0.25, -0.2) is 0 Å². The molecule has 198 valence electrons. The van der Waals surface area contributed by atoms with Crippen molar-refractivity contribution in [1.82, 2.24) is 8.61 Å². The van der Waals surface area contributed by atoms with Gasteiger partial charge in [-0.2, -0.15) is 17.0 Å². The average Bonchev–Trinajstić information content (AvgIpc) is 3.43. The highest BCUT2D eigenvalue weighted by molar-refractivity contribution is 7.86. The third-order valence-corrected chi connectivity index (χ3v) is 9.82. The standard InChI is InChI=1S/C20H35BN4O9S/c1-4-25(13(2)19(22)7-8-19)35(31,32)24-10-14(20(23,11-24)16(28)29)6-5-9-21-33-12-18(3,15(26)27)17(30)34-21/h13-14H,4-12,22-23H2,1-3H3,(H,26,27)(H,28,29)/t13?,14-,18?,20-/m0/s1. The summed E-state index contributed by atoms with van der Waals surface area (Å²) in [7, 11) is -4.98. The number of carbonyl (C=O) groups excluding carboxylic acids is 1. The SMILES string of the molecule is CCN(C(C)C1(N)CC1)S(=O)(=O)N1C[C@H](CCCB2OCC(C)(C(=O)O)C(=O)O2)[C@](N)(C(=O)O)C1. The van der Waals surface area contributed by atoms with Crippen LogP contribution in [-0.4, -0.2) is 95.6 Å². The van der Waals surface area contributed by atoms with Crippen LogP contribution in [0.5, 0.6) is 0 Å². The van der Waals surface area contributed by atoms with Gasteiger partial charge in [0.25, 0.3) is 10.2 Å². The molecule has 13 nitrogen and oxygen atoms in total. The second-order valence-electron chi connectivity index (χ2n) is 10.2. The molecule has 0 aromatic carbocycles. The van der Waals surface area contributed by atoms with E-state index < -0.39 is 63.7 Å². The van der Waals surface area contributed by atoms with Gasteiger partial charge in [-0.1, -0.05) is 13.3 Å². The molecule has 3 rings (SSSR count). The van der Waals surface area contributed by atoms with E-state index in [-0.39, 0.29) is 39.0 Å². The van der Waals surface area contributed by atoms with Gasteiger partial charge < -0.3 is 31.0 Å². The normalized spacial score (nSPS) is 31.9. The van der Waals surface area contributed by atoms with Crippen molar-refractivity contribution in [2.24, 2.45) is 22.8 Å². The second kappa shape index (κ2) is 9.59. The Morgan fingerprint density at radius 1 is 1.29 bits per heavy atom. The van der Waals surface area contributed by atoms with Crippen LogP contribution in [0.3, 0.4) is 0 Å². The Bertz CT molecular complexity index is 978. The molecule has 1 aliphatic carbocycles. The van der Waals surface area contributed by atoms with Crippen LogP contribution >= 0.6 is 0 Å². The number of nitrogens with zero attached hydrogens (tertiary/aromatic N) is 2. The summed E-state index contributed by atoms with van der Waals surface area (Å²) in [6, 6.07) is -0.442. The lowest BCUT2D eigenvalue weighted by molar-refractivity contribution is -0.169. The van der Waals surface area contributed by atoms with Gasteiger partial charge in [0.2, 0.25) is 0 Å². The quantitative estimate of drug-likeness (QED) is 0.195. The van der Waals surface area contributed by atoms with E-state index in [1.54, 1.807) is 13.8 Å². The molecule has 6 N–H and O–H groups in total. The zero-order valence-electron chi connectivity index (χ0n) is 20.3. The minimum Gasteiger partial charge on any atom is -0.509 e. The summed E-state index contributed by atoms with van der Waals surface area (Å²) in [5, 5.41) is 19.0. The van der Waals surface area contributed by atoms with Crippen LogP contribution in [0.25, 0.3) is 0 Å². The lowest BCUT2D eigenvalue weighted by Crippen LogP contribution is -2.57. The maximum absolute atomic E-state index is 13.4. The highest BCUT2D eigenvalue weighted by Gasteiger charge is 2.56. The molecule has 15 heteroatoms. The molecule has 0 aromatic rings. The molecule has 0 amide bonds. The van der Waals surface area contributed by atoms with Gasteiger partial charge in [0.15, 0.2) is 5.41 Å². The second-order valence-corrected chi connectivity index (χ2v) is 12.1. The topological polar surface area (TPSA) is 203 Å². The van der Waals surface area contributed by atoms with Crippen molar-refractivity contribution in [2.45, 2.75) is 69.9 Å². The van der Waals surface area contributed by atoms with Gasteiger partial charge in [0, 0.05) is 37.1 Å². The van der Waals surface area contributed by atoms with Gasteiger partial charge in [-0.15, -0.1) is 0 Å². The molecule has 35 heavy (non-hydrogen) atoms. The zero-order chi connectivity index (χ0) is 26.4. The number of hydrogen-bond donors (Lipinski definition) is 4. The number of aliphatic carboxylic acids is 2. The maximum atomic E-state index is 13.4. The van der Waals surface area contributed by atoms with Crippen LogP contribution in [0, 0.1) is 11.3 Å². The summed E-state index contributed by atoms with van der Waals surface area (Å²) >= 11 is 0. The molecule has 2 aliphatic heterocycles. The molecule has 2 unspecified atom stereocenters. The predicted molar refractivity (Wildman–Crippen MR) is 124 cm³/mol. The van der Waals surface area contributed by atoms with Crippen molar-refractivity contribution in [2.75, 3.05) is 26.2 Å². The first kappa shape index (κ1) is 27.8. The lowest BCUT2D eigenvalue weighted by atomic mass is 9.75. The summed E-state index contributed by atoms with van der Waals surface area (Å²) in [6.07, 6.45) is 2.20. The van der Waals surface area contributed by atoms with Crippen molar-refractivity contribution in [3.63, 3.8) is 0 Å². The minimum atomic E-state index is -4.01. The van der Waals surface area contributed by atoms with E-state index in [2.05, 4.69) is 0 Å². The summed E-state index contributed by atoms with van der Waals surface area (Å²) in [6.45, 7) is 4.08. The molecule has 0 radical (unpaired) electrons. The number of hydrogen-bond acceptors (Lipinski definition) is 9.